The van der Waals surface area contributed by atoms with Crippen LogP contribution in [0.1, 0.15) is 5.01 Å². The predicted molar refractivity (Wildman–Crippen MR) is 131 cm³/mol. The number of carbonyl (C=O) groups is 1. The first-order chi connectivity index (χ1) is 15.1. The maximum Gasteiger partial charge on any atom is 0.262 e. The number of aryl methyl sites for hydroxylation is 1. The molecule has 152 valence electrons. The Labute approximate surface area is 190 Å². The fourth-order valence-electron chi connectivity index (χ4n) is 3.66. The number of anilines is 1. The summed E-state index contributed by atoms with van der Waals surface area (Å²) in [5.41, 5.74) is 4.13. The topological polar surface area (TPSA) is 24.2 Å². The lowest BCUT2D eigenvalue weighted by Gasteiger charge is -2.12. The van der Waals surface area contributed by atoms with E-state index in [0.717, 1.165) is 10.6 Å². The van der Waals surface area contributed by atoms with Crippen LogP contribution in [0.4, 0.5) is 5.69 Å². The van der Waals surface area contributed by atoms with E-state index in [1.807, 2.05) is 30.4 Å². The molecule has 0 bridgehead atoms. The summed E-state index contributed by atoms with van der Waals surface area (Å²) in [5.74, 6) is 0.0320. The summed E-state index contributed by atoms with van der Waals surface area (Å²) >= 11 is 3.48. The zero-order chi connectivity index (χ0) is 21.4. The number of ketones is 1. The first-order valence-corrected chi connectivity index (χ1v) is 11.7. The highest BCUT2D eigenvalue weighted by atomic mass is 32.2. The van der Waals surface area contributed by atoms with Gasteiger partial charge in [0.2, 0.25) is 5.52 Å². The fraction of sp³-hybridized carbons (Fsp3) is 0.0769. The van der Waals surface area contributed by atoms with Crippen molar-refractivity contribution < 1.29 is 9.36 Å². The highest BCUT2D eigenvalue weighted by Crippen LogP contribution is 2.44. The van der Waals surface area contributed by atoms with Gasteiger partial charge in [-0.1, -0.05) is 53.4 Å². The van der Waals surface area contributed by atoms with Crippen molar-refractivity contribution >= 4 is 50.9 Å². The van der Waals surface area contributed by atoms with Crippen LogP contribution in [-0.2, 0) is 11.8 Å². The van der Waals surface area contributed by atoms with Crippen molar-refractivity contribution in [1.82, 2.24) is 0 Å². The molecule has 0 amide bonds. The number of rotatable bonds is 3. The number of allylic oxidation sites excluding steroid dienone is 8. The Bertz CT molecular complexity index is 1350. The number of benzene rings is 2. The minimum atomic E-state index is 0.0320. The second-order valence-corrected chi connectivity index (χ2v) is 9.52. The van der Waals surface area contributed by atoms with Crippen LogP contribution in [0.15, 0.2) is 106 Å². The van der Waals surface area contributed by atoms with Crippen LogP contribution in [0.2, 0.25) is 0 Å². The Kier molecular flexibility index (Phi) is 5.22. The largest absolute Gasteiger partial charge is 0.338 e. The molecule has 1 aliphatic heterocycles. The summed E-state index contributed by atoms with van der Waals surface area (Å²) < 4.78 is 3.46. The Hall–Kier alpha value is -3.15. The molecule has 5 heteroatoms. The molecule has 0 spiro atoms. The molecule has 0 fully saturated rings. The van der Waals surface area contributed by atoms with Gasteiger partial charge >= 0.3 is 0 Å². The van der Waals surface area contributed by atoms with Gasteiger partial charge in [0, 0.05) is 29.7 Å². The van der Waals surface area contributed by atoms with E-state index in [-0.39, 0.29) is 5.78 Å². The van der Waals surface area contributed by atoms with Crippen molar-refractivity contribution in [2.24, 2.45) is 7.05 Å². The van der Waals surface area contributed by atoms with Crippen LogP contribution >= 0.6 is 23.1 Å². The monoisotopic (exact) mass is 441 g/mol. The average Bonchev–Trinajstić information content (AvgIpc) is 3.29. The normalized spacial score (nSPS) is 18.6. The number of hydrogen-bond donors (Lipinski definition) is 0. The standard InChI is InChI=1S/C26H21N2OS2/c1-27-20-7-3-5-9-23(20)30-25(27)15-12-18-11-14-22(29)19(17-18)13-16-26-28(2)21-8-4-6-10-24(21)31-26/h3-17H,1-2H3/q+1. The third-order valence-corrected chi connectivity index (χ3v) is 7.77. The number of hydrogen-bond acceptors (Lipinski definition) is 4. The molecule has 2 heterocycles. The predicted octanol–water partition coefficient (Wildman–Crippen LogP) is 5.81. The van der Waals surface area contributed by atoms with Gasteiger partial charge in [0.15, 0.2) is 5.78 Å². The lowest BCUT2D eigenvalue weighted by Crippen LogP contribution is -2.28. The van der Waals surface area contributed by atoms with Crippen molar-refractivity contribution in [1.29, 1.82) is 0 Å². The molecule has 31 heavy (non-hydrogen) atoms. The number of aromatic nitrogens is 1. The molecule has 2 aliphatic rings. The molecule has 0 saturated carbocycles. The van der Waals surface area contributed by atoms with E-state index in [1.54, 1.807) is 29.2 Å². The molecule has 3 nitrogen and oxygen atoms in total. The maximum absolute atomic E-state index is 12.4. The summed E-state index contributed by atoms with van der Waals surface area (Å²) in [7, 11) is 4.14. The van der Waals surface area contributed by atoms with Gasteiger partial charge < -0.3 is 4.90 Å². The zero-order valence-corrected chi connectivity index (χ0v) is 18.9. The van der Waals surface area contributed by atoms with Crippen LogP contribution in [0.25, 0.3) is 16.3 Å². The summed E-state index contributed by atoms with van der Waals surface area (Å²) in [4.78, 5) is 15.8. The number of fused-ring (bicyclic) bond motifs is 2. The molecule has 0 radical (unpaired) electrons. The van der Waals surface area contributed by atoms with E-state index in [0.29, 0.717) is 5.57 Å². The molecule has 0 N–H and O–H groups in total. The van der Waals surface area contributed by atoms with E-state index < -0.39 is 0 Å². The van der Waals surface area contributed by atoms with Gasteiger partial charge in [-0.2, -0.15) is 4.57 Å². The molecule has 3 aromatic rings. The quantitative estimate of drug-likeness (QED) is 0.378. The Morgan fingerprint density at radius 1 is 0.968 bits per heavy atom. The summed E-state index contributed by atoms with van der Waals surface area (Å²) in [5, 5.41) is 2.28. The Morgan fingerprint density at radius 3 is 2.61 bits per heavy atom. The molecule has 2 aromatic carbocycles. The number of carbonyl (C=O) groups excluding carboxylic acids is 1. The number of thioether (sulfide) groups is 1. The molecule has 0 unspecified atom stereocenters. The summed E-state index contributed by atoms with van der Waals surface area (Å²) in [6.07, 6.45) is 13.6. The fourth-order valence-corrected chi connectivity index (χ4v) is 5.77. The van der Waals surface area contributed by atoms with Gasteiger partial charge in [0.25, 0.3) is 5.01 Å². The molecular weight excluding hydrogens is 420 g/mol. The van der Waals surface area contributed by atoms with E-state index in [2.05, 4.69) is 78.2 Å². The smallest absolute Gasteiger partial charge is 0.262 e. The molecule has 0 saturated heterocycles. The van der Waals surface area contributed by atoms with E-state index in [1.165, 1.54) is 25.8 Å². The Balaban J connectivity index is 1.40. The van der Waals surface area contributed by atoms with Crippen molar-refractivity contribution in [2.75, 3.05) is 11.9 Å². The molecule has 0 atom stereocenters. The lowest BCUT2D eigenvalue weighted by atomic mass is 10.00. The molecule has 5 rings (SSSR count). The highest BCUT2D eigenvalue weighted by Gasteiger charge is 2.21. The van der Waals surface area contributed by atoms with E-state index in [4.69, 9.17) is 0 Å². The van der Waals surface area contributed by atoms with Gasteiger partial charge in [0.1, 0.15) is 11.7 Å². The average molecular weight is 442 g/mol. The van der Waals surface area contributed by atoms with Gasteiger partial charge in [-0.3, -0.25) is 4.79 Å². The van der Waals surface area contributed by atoms with Gasteiger partial charge in [-0.15, -0.1) is 0 Å². The second-order valence-electron chi connectivity index (χ2n) is 7.40. The van der Waals surface area contributed by atoms with Gasteiger partial charge in [0.05, 0.1) is 10.7 Å². The van der Waals surface area contributed by atoms with Crippen LogP contribution in [-0.4, -0.2) is 12.8 Å². The van der Waals surface area contributed by atoms with E-state index >= 15 is 0 Å². The lowest BCUT2D eigenvalue weighted by molar-refractivity contribution is -0.642. The van der Waals surface area contributed by atoms with Crippen molar-refractivity contribution in [3.05, 3.63) is 106 Å². The van der Waals surface area contributed by atoms with Crippen LogP contribution in [0.3, 0.4) is 0 Å². The molecule has 1 aliphatic carbocycles. The Morgan fingerprint density at radius 2 is 1.77 bits per heavy atom. The second kappa shape index (κ2) is 8.17. The van der Waals surface area contributed by atoms with Gasteiger partial charge in [-0.05, 0) is 54.2 Å². The minimum absolute atomic E-state index is 0.0320. The van der Waals surface area contributed by atoms with Crippen molar-refractivity contribution in [3.8, 4) is 0 Å². The first-order valence-electron chi connectivity index (χ1n) is 10.0. The number of nitrogens with zero attached hydrogens (tertiary/aromatic N) is 2. The minimum Gasteiger partial charge on any atom is -0.338 e. The van der Waals surface area contributed by atoms with Gasteiger partial charge in [-0.25, -0.2) is 0 Å². The van der Waals surface area contributed by atoms with Crippen LogP contribution in [0.5, 0.6) is 0 Å². The number of thiazole rings is 1. The molecule has 1 aromatic heterocycles. The number of para-hydroxylation sites is 2. The highest BCUT2D eigenvalue weighted by molar-refractivity contribution is 8.03. The van der Waals surface area contributed by atoms with Crippen LogP contribution < -0.4 is 9.47 Å². The third-order valence-electron chi connectivity index (χ3n) is 5.40. The first kappa shape index (κ1) is 19.8. The maximum atomic E-state index is 12.4. The third kappa shape index (κ3) is 3.82. The summed E-state index contributed by atoms with van der Waals surface area (Å²) in [6.45, 7) is 0. The molecular formula is C26H21N2OS2+. The SMILES string of the molecule is CN1/C(=C\C=C2C=C(/C=C/c3sc4ccccc4[n+]3C)C=CC\2=O)Sc2ccccc21. The van der Waals surface area contributed by atoms with Crippen molar-refractivity contribution in [3.63, 3.8) is 0 Å². The summed E-state index contributed by atoms with van der Waals surface area (Å²) in [6, 6.07) is 16.7. The van der Waals surface area contributed by atoms with Crippen LogP contribution in [0, 0.1) is 0 Å². The zero-order valence-electron chi connectivity index (χ0n) is 17.3. The van der Waals surface area contributed by atoms with E-state index in [9.17, 15) is 4.79 Å². The van der Waals surface area contributed by atoms with Crippen molar-refractivity contribution in [2.45, 2.75) is 4.90 Å².